The van der Waals surface area contributed by atoms with Gasteiger partial charge in [0.05, 0.1) is 29.6 Å². The van der Waals surface area contributed by atoms with Gasteiger partial charge in [0.15, 0.2) is 0 Å². The summed E-state index contributed by atoms with van der Waals surface area (Å²) in [7, 11) is 3.83. The minimum absolute atomic E-state index is 0.205. The van der Waals surface area contributed by atoms with Crippen molar-refractivity contribution in [3.8, 4) is 17.0 Å². The molecular formula is C27H34N8O. The first-order valence-electron chi connectivity index (χ1n) is 13.1. The van der Waals surface area contributed by atoms with Gasteiger partial charge in [0.25, 0.3) is 0 Å². The summed E-state index contributed by atoms with van der Waals surface area (Å²) in [6, 6.07) is 6.49. The van der Waals surface area contributed by atoms with Crippen LogP contribution in [0.4, 0.5) is 5.82 Å². The predicted octanol–water partition coefficient (Wildman–Crippen LogP) is 4.43. The molecule has 0 unspecified atom stereocenters. The van der Waals surface area contributed by atoms with E-state index in [0.29, 0.717) is 6.04 Å². The van der Waals surface area contributed by atoms with E-state index < -0.39 is 0 Å². The Morgan fingerprint density at radius 3 is 2.67 bits per heavy atom. The van der Waals surface area contributed by atoms with Crippen molar-refractivity contribution < 1.29 is 4.74 Å². The van der Waals surface area contributed by atoms with Crippen molar-refractivity contribution >= 4 is 16.7 Å². The van der Waals surface area contributed by atoms with E-state index in [1.165, 1.54) is 12.8 Å². The van der Waals surface area contributed by atoms with Gasteiger partial charge in [-0.1, -0.05) is 0 Å². The minimum atomic E-state index is 0.205. The third kappa shape index (κ3) is 4.55. The quantitative estimate of drug-likeness (QED) is 0.414. The monoisotopic (exact) mass is 486 g/mol. The largest absolute Gasteiger partial charge is 0.488 e. The predicted molar refractivity (Wildman–Crippen MR) is 140 cm³/mol. The molecule has 4 aromatic heterocycles. The molecule has 1 N–H and O–H groups in total. The molecule has 5 heterocycles. The number of fused-ring (bicyclic) bond motifs is 1. The van der Waals surface area contributed by atoms with E-state index in [-0.39, 0.29) is 6.10 Å². The molecular weight excluding hydrogens is 452 g/mol. The molecule has 188 valence electrons. The number of aromatic nitrogens is 6. The fourth-order valence-electron chi connectivity index (χ4n) is 5.59. The van der Waals surface area contributed by atoms with Gasteiger partial charge < -0.3 is 10.1 Å². The van der Waals surface area contributed by atoms with Crippen LogP contribution >= 0.6 is 0 Å². The SMILES string of the molecule is CNc1cc2c(cn1)c(-c1cnn(C)c1)nn2C1CCC(Oc2cccnc2CN2CCCC2)CC1. The maximum absolute atomic E-state index is 6.53. The summed E-state index contributed by atoms with van der Waals surface area (Å²) in [4.78, 5) is 11.7. The molecule has 2 fully saturated rings. The summed E-state index contributed by atoms with van der Waals surface area (Å²) in [5.74, 6) is 1.79. The minimum Gasteiger partial charge on any atom is -0.488 e. The molecule has 36 heavy (non-hydrogen) atoms. The van der Waals surface area contributed by atoms with Crippen molar-refractivity contribution in [1.29, 1.82) is 0 Å². The number of hydrogen-bond donors (Lipinski definition) is 1. The van der Waals surface area contributed by atoms with Crippen molar-refractivity contribution in [1.82, 2.24) is 34.4 Å². The van der Waals surface area contributed by atoms with Crippen LogP contribution in [0.5, 0.6) is 5.75 Å². The van der Waals surface area contributed by atoms with E-state index in [9.17, 15) is 0 Å². The van der Waals surface area contributed by atoms with E-state index in [1.807, 2.05) is 49.6 Å². The maximum Gasteiger partial charge on any atom is 0.142 e. The normalized spacial score (nSPS) is 20.7. The van der Waals surface area contributed by atoms with Crippen molar-refractivity contribution in [2.45, 2.75) is 57.2 Å². The topological polar surface area (TPSA) is 85.9 Å². The van der Waals surface area contributed by atoms with Crippen molar-refractivity contribution in [3.63, 3.8) is 0 Å². The van der Waals surface area contributed by atoms with Gasteiger partial charge in [-0.25, -0.2) is 4.98 Å². The van der Waals surface area contributed by atoms with Gasteiger partial charge in [-0.3, -0.25) is 19.2 Å². The van der Waals surface area contributed by atoms with Crippen LogP contribution < -0.4 is 10.1 Å². The standard InChI is InChI=1S/C27H34N8O/c1-28-26-14-24-22(16-30-26)27(19-15-31-33(2)17-19)32-35(24)20-7-9-21(10-8-20)36-25-6-5-11-29-23(25)18-34-12-3-4-13-34/h5-6,11,14-17,20-21H,3-4,7-10,12-13,18H2,1-2H3,(H,28,30). The number of nitrogens with zero attached hydrogens (tertiary/aromatic N) is 7. The highest BCUT2D eigenvalue weighted by Crippen LogP contribution is 2.36. The zero-order chi connectivity index (χ0) is 24.5. The van der Waals surface area contributed by atoms with Crippen LogP contribution in [-0.4, -0.2) is 60.7 Å². The first kappa shape index (κ1) is 23.0. The Bertz CT molecular complexity index is 1330. The van der Waals surface area contributed by atoms with Crippen LogP contribution in [0.25, 0.3) is 22.2 Å². The highest BCUT2D eigenvalue weighted by Gasteiger charge is 2.28. The van der Waals surface area contributed by atoms with E-state index in [1.54, 1.807) is 0 Å². The average molecular weight is 487 g/mol. The Kier molecular flexibility index (Phi) is 6.31. The first-order valence-corrected chi connectivity index (χ1v) is 13.1. The highest BCUT2D eigenvalue weighted by molar-refractivity contribution is 5.93. The van der Waals surface area contributed by atoms with Gasteiger partial charge in [0.2, 0.25) is 0 Å². The number of aryl methyl sites for hydroxylation is 1. The second-order valence-electron chi connectivity index (χ2n) is 10.0. The summed E-state index contributed by atoms with van der Waals surface area (Å²) in [5, 5.41) is 13.7. The summed E-state index contributed by atoms with van der Waals surface area (Å²) in [6.07, 6.45) is 14.5. The van der Waals surface area contributed by atoms with Gasteiger partial charge >= 0.3 is 0 Å². The molecule has 2 aliphatic rings. The van der Waals surface area contributed by atoms with Crippen LogP contribution in [0, 0.1) is 0 Å². The summed E-state index contributed by atoms with van der Waals surface area (Å²) in [5.41, 5.74) is 4.12. The van der Waals surface area contributed by atoms with Crippen molar-refractivity contribution in [3.05, 3.63) is 48.7 Å². The van der Waals surface area contributed by atoms with Crippen molar-refractivity contribution in [2.75, 3.05) is 25.5 Å². The van der Waals surface area contributed by atoms with Gasteiger partial charge in [-0.2, -0.15) is 10.2 Å². The third-order valence-electron chi connectivity index (χ3n) is 7.53. The smallest absolute Gasteiger partial charge is 0.142 e. The number of pyridine rings is 2. The lowest BCUT2D eigenvalue weighted by atomic mass is 9.93. The lowest BCUT2D eigenvalue weighted by Crippen LogP contribution is -2.27. The average Bonchev–Trinajstić information content (AvgIpc) is 3.66. The number of anilines is 1. The molecule has 0 bridgehead atoms. The Morgan fingerprint density at radius 1 is 1.08 bits per heavy atom. The van der Waals surface area contributed by atoms with Crippen LogP contribution in [0.2, 0.25) is 0 Å². The summed E-state index contributed by atoms with van der Waals surface area (Å²) in [6.45, 7) is 3.19. The fourth-order valence-corrected chi connectivity index (χ4v) is 5.59. The van der Waals surface area contributed by atoms with Crippen LogP contribution in [0.3, 0.4) is 0 Å². The number of rotatable bonds is 7. The molecule has 0 spiro atoms. The molecule has 6 rings (SSSR count). The number of ether oxygens (including phenoxy) is 1. The Morgan fingerprint density at radius 2 is 1.92 bits per heavy atom. The van der Waals surface area contributed by atoms with Gasteiger partial charge in [0, 0.05) is 56.2 Å². The Balaban J connectivity index is 1.20. The number of nitrogens with one attached hydrogen (secondary N) is 1. The molecule has 0 atom stereocenters. The second kappa shape index (κ2) is 9.89. The van der Waals surface area contributed by atoms with E-state index >= 15 is 0 Å². The molecule has 1 saturated carbocycles. The summed E-state index contributed by atoms with van der Waals surface area (Å²) >= 11 is 0. The van der Waals surface area contributed by atoms with Crippen LogP contribution in [0.1, 0.15) is 50.3 Å². The third-order valence-corrected chi connectivity index (χ3v) is 7.53. The Hall–Kier alpha value is -3.46. The number of hydrogen-bond acceptors (Lipinski definition) is 7. The molecule has 4 aromatic rings. The van der Waals surface area contributed by atoms with Crippen LogP contribution in [-0.2, 0) is 13.6 Å². The molecule has 1 aliphatic carbocycles. The molecule has 0 radical (unpaired) electrons. The zero-order valence-corrected chi connectivity index (χ0v) is 21.1. The maximum atomic E-state index is 6.53. The molecule has 9 nitrogen and oxygen atoms in total. The molecule has 0 amide bonds. The molecule has 9 heteroatoms. The van der Waals surface area contributed by atoms with Crippen molar-refractivity contribution in [2.24, 2.45) is 7.05 Å². The van der Waals surface area contributed by atoms with Gasteiger partial charge in [-0.05, 0) is 63.7 Å². The van der Waals surface area contributed by atoms with Gasteiger partial charge in [-0.15, -0.1) is 0 Å². The van der Waals surface area contributed by atoms with Gasteiger partial charge in [0.1, 0.15) is 17.3 Å². The molecule has 0 aromatic carbocycles. The first-order chi connectivity index (χ1) is 17.7. The second-order valence-corrected chi connectivity index (χ2v) is 10.0. The van der Waals surface area contributed by atoms with Crippen LogP contribution in [0.15, 0.2) is 43.0 Å². The lowest BCUT2D eigenvalue weighted by Gasteiger charge is -2.30. The molecule has 1 saturated heterocycles. The highest BCUT2D eigenvalue weighted by atomic mass is 16.5. The van der Waals surface area contributed by atoms with E-state index in [2.05, 4.69) is 42.1 Å². The lowest BCUT2D eigenvalue weighted by molar-refractivity contribution is 0.128. The molecule has 1 aliphatic heterocycles. The Labute approximate surface area is 211 Å². The van der Waals surface area contributed by atoms with E-state index in [0.717, 1.165) is 84.7 Å². The summed E-state index contributed by atoms with van der Waals surface area (Å²) < 4.78 is 10.6. The zero-order valence-electron chi connectivity index (χ0n) is 21.1. The number of likely N-dealkylation sites (tertiary alicyclic amines) is 1. The van der Waals surface area contributed by atoms with E-state index in [4.69, 9.17) is 9.84 Å². The fraction of sp³-hybridized carbons (Fsp3) is 0.481.